The van der Waals surface area contributed by atoms with Crippen LogP contribution in [0.1, 0.15) is 59.8 Å². The Balaban J connectivity index is 1.61. The predicted octanol–water partition coefficient (Wildman–Crippen LogP) is 3.45. The van der Waals surface area contributed by atoms with Crippen LogP contribution in [0.15, 0.2) is 30.6 Å². The molecule has 8 nitrogen and oxygen atoms in total. The van der Waals surface area contributed by atoms with Gasteiger partial charge in [-0.3, -0.25) is 9.48 Å². The molecule has 1 saturated heterocycles. The first-order valence-electron chi connectivity index (χ1n) is 11.5. The molecule has 1 aromatic carbocycles. The Morgan fingerprint density at radius 3 is 2.79 bits per heavy atom. The number of nitrogens with two attached hydrogens (primary N) is 1. The summed E-state index contributed by atoms with van der Waals surface area (Å²) in [6.45, 7) is 1.08. The molecule has 33 heavy (non-hydrogen) atoms. The Kier molecular flexibility index (Phi) is 4.60. The lowest BCUT2D eigenvalue weighted by molar-refractivity contribution is 0.0725. The van der Waals surface area contributed by atoms with E-state index in [0.29, 0.717) is 41.5 Å². The Bertz CT molecular complexity index is 1250. The fourth-order valence-electron chi connectivity index (χ4n) is 5.18. The largest absolute Gasteiger partial charge is 0.381 e. The minimum absolute atomic E-state index is 0.0714. The number of aryl methyl sites for hydroxylation is 1. The monoisotopic (exact) mass is 447 g/mol. The summed E-state index contributed by atoms with van der Waals surface area (Å²) >= 11 is 0. The van der Waals surface area contributed by atoms with Gasteiger partial charge in [0.1, 0.15) is 5.82 Å². The molecule has 4 heterocycles. The van der Waals surface area contributed by atoms with Gasteiger partial charge in [0.2, 0.25) is 0 Å². The van der Waals surface area contributed by atoms with Gasteiger partial charge in [-0.05, 0) is 55.9 Å². The normalized spacial score (nSPS) is 20.4. The standard InChI is InChI=1S/C24H26FN7O/c1-30-12-18-19-11-27-22(26)23(28-19)31-9-3-2-4-21(31)17-10-14(25)5-8-16(17)24(33)32(15-6-7-15)13-20(18)29-30/h5,8,10-12,15,21H,2-4,6-7,9,13H2,1H3,(H2,26,27)/t21-/m1/s1. The average molecular weight is 448 g/mol. The smallest absolute Gasteiger partial charge is 0.254 e. The van der Waals surface area contributed by atoms with Crippen LogP contribution in [0.5, 0.6) is 0 Å². The van der Waals surface area contributed by atoms with Crippen molar-refractivity contribution < 1.29 is 9.18 Å². The molecule has 170 valence electrons. The molecule has 1 aliphatic carbocycles. The van der Waals surface area contributed by atoms with Crippen LogP contribution in [-0.2, 0) is 13.6 Å². The molecule has 1 saturated carbocycles. The number of fused-ring (bicyclic) bond motifs is 8. The number of aromatic nitrogens is 4. The van der Waals surface area contributed by atoms with Crippen LogP contribution in [0, 0.1) is 5.82 Å². The molecule has 0 spiro atoms. The minimum Gasteiger partial charge on any atom is -0.381 e. The topological polar surface area (TPSA) is 93.2 Å². The van der Waals surface area contributed by atoms with Crippen molar-refractivity contribution in [1.82, 2.24) is 24.6 Å². The van der Waals surface area contributed by atoms with Gasteiger partial charge >= 0.3 is 0 Å². The van der Waals surface area contributed by atoms with Crippen molar-refractivity contribution in [2.24, 2.45) is 7.05 Å². The Labute approximate surface area is 191 Å². The van der Waals surface area contributed by atoms with Crippen molar-refractivity contribution in [3.8, 4) is 11.3 Å². The third-order valence-corrected chi connectivity index (χ3v) is 6.91. The molecular formula is C24H26FN7O. The summed E-state index contributed by atoms with van der Waals surface area (Å²) in [5, 5.41) is 4.65. The highest BCUT2D eigenvalue weighted by molar-refractivity contribution is 5.96. The third-order valence-electron chi connectivity index (χ3n) is 6.91. The molecule has 1 amide bonds. The van der Waals surface area contributed by atoms with Crippen LogP contribution in [0.25, 0.3) is 11.3 Å². The zero-order valence-electron chi connectivity index (χ0n) is 18.5. The summed E-state index contributed by atoms with van der Waals surface area (Å²) in [5.41, 5.74) is 9.83. The fourth-order valence-corrected chi connectivity index (χ4v) is 5.18. The first-order valence-corrected chi connectivity index (χ1v) is 11.5. The Morgan fingerprint density at radius 2 is 1.97 bits per heavy atom. The van der Waals surface area contributed by atoms with Gasteiger partial charge in [0.05, 0.1) is 30.2 Å². The molecule has 6 rings (SSSR count). The molecule has 2 bridgehead atoms. The quantitative estimate of drug-likeness (QED) is 0.614. The molecule has 9 heteroatoms. The summed E-state index contributed by atoms with van der Waals surface area (Å²) in [4.78, 5) is 27.3. The van der Waals surface area contributed by atoms with Gasteiger partial charge in [0.25, 0.3) is 5.91 Å². The molecule has 1 atom stereocenters. The number of halogens is 1. The number of hydrogen-bond acceptors (Lipinski definition) is 6. The van der Waals surface area contributed by atoms with E-state index in [-0.39, 0.29) is 23.8 Å². The van der Waals surface area contributed by atoms with Crippen molar-refractivity contribution in [2.45, 2.75) is 50.7 Å². The molecular weight excluding hydrogens is 421 g/mol. The maximum absolute atomic E-state index is 14.5. The first-order chi connectivity index (χ1) is 16.0. The lowest BCUT2D eigenvalue weighted by Crippen LogP contribution is -2.38. The SMILES string of the molecule is Cn1cc2c(n1)CN(C1CC1)C(=O)c1ccc(F)cc1[C@H]1CCCCN1c1nc-2cnc1N. The molecule has 2 aliphatic heterocycles. The average Bonchev–Trinajstić information content (AvgIpc) is 3.59. The van der Waals surface area contributed by atoms with Crippen LogP contribution in [0.3, 0.4) is 0 Å². The number of carbonyl (C=O) groups excluding carboxylic acids is 1. The lowest BCUT2D eigenvalue weighted by Gasteiger charge is -2.38. The van der Waals surface area contributed by atoms with Crippen molar-refractivity contribution >= 4 is 17.5 Å². The van der Waals surface area contributed by atoms with Crippen molar-refractivity contribution in [3.05, 3.63) is 53.2 Å². The zero-order chi connectivity index (χ0) is 22.7. The molecule has 2 aromatic heterocycles. The second-order valence-electron chi connectivity index (χ2n) is 9.23. The van der Waals surface area contributed by atoms with E-state index in [4.69, 9.17) is 10.7 Å². The van der Waals surface area contributed by atoms with Gasteiger partial charge in [0.15, 0.2) is 11.6 Å². The molecule has 3 aliphatic rings. The van der Waals surface area contributed by atoms with E-state index in [1.54, 1.807) is 16.9 Å². The minimum atomic E-state index is -0.350. The highest BCUT2D eigenvalue weighted by atomic mass is 19.1. The number of nitrogens with zero attached hydrogens (tertiary/aromatic N) is 6. The van der Waals surface area contributed by atoms with Crippen molar-refractivity contribution in [3.63, 3.8) is 0 Å². The number of rotatable bonds is 1. The maximum atomic E-state index is 14.5. The van der Waals surface area contributed by atoms with Gasteiger partial charge in [0, 0.05) is 37.0 Å². The van der Waals surface area contributed by atoms with Gasteiger partial charge in [-0.2, -0.15) is 5.10 Å². The molecule has 3 aromatic rings. The van der Waals surface area contributed by atoms with E-state index in [1.165, 1.54) is 12.1 Å². The molecule has 0 radical (unpaired) electrons. The molecule has 2 fully saturated rings. The van der Waals surface area contributed by atoms with E-state index in [2.05, 4.69) is 15.0 Å². The zero-order valence-corrected chi connectivity index (χ0v) is 18.5. The number of hydrogen-bond donors (Lipinski definition) is 1. The summed E-state index contributed by atoms with van der Waals surface area (Å²) in [5.74, 6) is 0.487. The summed E-state index contributed by atoms with van der Waals surface area (Å²) in [7, 11) is 1.86. The molecule has 2 N–H and O–H groups in total. The third kappa shape index (κ3) is 3.42. The summed E-state index contributed by atoms with van der Waals surface area (Å²) in [6.07, 6.45) is 8.25. The van der Waals surface area contributed by atoms with Crippen LogP contribution in [-0.4, -0.2) is 43.1 Å². The number of nitrogen functional groups attached to an aromatic ring is 1. The lowest BCUT2D eigenvalue weighted by atomic mass is 9.90. The van der Waals surface area contributed by atoms with E-state index in [0.717, 1.165) is 43.4 Å². The Morgan fingerprint density at radius 1 is 1.12 bits per heavy atom. The van der Waals surface area contributed by atoms with E-state index in [9.17, 15) is 9.18 Å². The van der Waals surface area contributed by atoms with E-state index >= 15 is 0 Å². The Hall–Kier alpha value is -3.49. The van der Waals surface area contributed by atoms with Crippen LogP contribution in [0.4, 0.5) is 16.0 Å². The van der Waals surface area contributed by atoms with Gasteiger partial charge in [-0.25, -0.2) is 14.4 Å². The van der Waals surface area contributed by atoms with E-state index < -0.39 is 0 Å². The summed E-state index contributed by atoms with van der Waals surface area (Å²) < 4.78 is 16.2. The second kappa shape index (κ2) is 7.54. The number of amides is 1. The second-order valence-corrected chi connectivity index (χ2v) is 9.23. The maximum Gasteiger partial charge on any atom is 0.254 e. The van der Waals surface area contributed by atoms with Gasteiger partial charge in [-0.1, -0.05) is 0 Å². The van der Waals surface area contributed by atoms with E-state index in [1.807, 2.05) is 18.1 Å². The van der Waals surface area contributed by atoms with Gasteiger partial charge in [-0.15, -0.1) is 0 Å². The fraction of sp³-hybridized carbons (Fsp3) is 0.417. The van der Waals surface area contributed by atoms with Crippen LogP contribution >= 0.6 is 0 Å². The van der Waals surface area contributed by atoms with Crippen LogP contribution < -0.4 is 10.6 Å². The number of benzene rings is 1. The predicted molar refractivity (Wildman–Crippen MR) is 122 cm³/mol. The first kappa shape index (κ1) is 20.1. The van der Waals surface area contributed by atoms with Gasteiger partial charge < -0.3 is 15.5 Å². The molecule has 0 unspecified atom stereocenters. The number of carbonyl (C=O) groups is 1. The van der Waals surface area contributed by atoms with Crippen molar-refractivity contribution in [2.75, 3.05) is 17.2 Å². The summed E-state index contributed by atoms with van der Waals surface area (Å²) in [6, 6.07) is 4.48. The number of anilines is 2. The van der Waals surface area contributed by atoms with Crippen LogP contribution in [0.2, 0.25) is 0 Å². The number of piperidine rings is 1. The highest BCUT2D eigenvalue weighted by Crippen LogP contribution is 2.40. The highest BCUT2D eigenvalue weighted by Gasteiger charge is 2.38. The van der Waals surface area contributed by atoms with Crippen molar-refractivity contribution in [1.29, 1.82) is 0 Å².